The van der Waals surface area contributed by atoms with Crippen molar-refractivity contribution in [3.63, 3.8) is 0 Å². The first kappa shape index (κ1) is 24.2. The van der Waals surface area contributed by atoms with Crippen molar-refractivity contribution in [2.45, 2.75) is 26.3 Å². The van der Waals surface area contributed by atoms with E-state index < -0.39 is 6.04 Å². The molecule has 1 amide bonds. The number of nitrogens with zero attached hydrogens (tertiary/aromatic N) is 1. The molecule has 0 fully saturated rings. The average molecular weight is 398 g/mol. The Morgan fingerprint density at radius 2 is 1.69 bits per heavy atom. The number of para-hydroxylation sites is 1. The molecule has 0 spiro atoms. The summed E-state index contributed by atoms with van der Waals surface area (Å²) < 4.78 is 0. The zero-order valence-corrected chi connectivity index (χ0v) is 17.0. The number of aryl methyl sites for hydroxylation is 1. The third-order valence-corrected chi connectivity index (χ3v) is 4.15. The summed E-state index contributed by atoms with van der Waals surface area (Å²) in [6.07, 6.45) is 0.557. The maximum atomic E-state index is 12.2. The highest BCUT2D eigenvalue weighted by atomic mass is 35.5. The van der Waals surface area contributed by atoms with Gasteiger partial charge >= 0.3 is 0 Å². The maximum Gasteiger partial charge on any atom is 0.237 e. The molecule has 2 aromatic carbocycles. The van der Waals surface area contributed by atoms with Crippen molar-refractivity contribution in [3.05, 3.63) is 65.7 Å². The Kier molecular flexibility index (Phi) is 11.7. The van der Waals surface area contributed by atoms with Crippen LogP contribution in [0.5, 0.6) is 0 Å². The minimum absolute atomic E-state index is 0. The number of amides is 1. The SMILES string of the molecule is CCN(CCNC(=O)C(N)Cc1ccccc1)c1ccccc1C.Cl.Cl. The Balaban J connectivity index is 0.00000312. The van der Waals surface area contributed by atoms with Gasteiger partial charge in [0.05, 0.1) is 6.04 Å². The number of hydrogen-bond donors (Lipinski definition) is 2. The van der Waals surface area contributed by atoms with Gasteiger partial charge in [-0.05, 0) is 37.5 Å². The third kappa shape index (κ3) is 7.24. The molecule has 1 atom stereocenters. The van der Waals surface area contributed by atoms with Crippen molar-refractivity contribution >= 4 is 36.4 Å². The molecule has 0 aliphatic carbocycles. The van der Waals surface area contributed by atoms with Crippen LogP contribution in [0.1, 0.15) is 18.1 Å². The molecule has 2 aromatic rings. The van der Waals surface area contributed by atoms with Crippen LogP contribution in [-0.2, 0) is 11.2 Å². The molecule has 0 saturated heterocycles. The van der Waals surface area contributed by atoms with Gasteiger partial charge in [-0.1, -0.05) is 48.5 Å². The summed E-state index contributed by atoms with van der Waals surface area (Å²) >= 11 is 0. The summed E-state index contributed by atoms with van der Waals surface area (Å²) in [5.74, 6) is -0.0975. The van der Waals surface area contributed by atoms with Gasteiger partial charge < -0.3 is 16.0 Å². The van der Waals surface area contributed by atoms with Crippen LogP contribution >= 0.6 is 24.8 Å². The first-order chi connectivity index (χ1) is 11.6. The Morgan fingerprint density at radius 3 is 2.31 bits per heavy atom. The number of nitrogens with two attached hydrogens (primary N) is 1. The summed E-state index contributed by atoms with van der Waals surface area (Å²) in [4.78, 5) is 14.4. The number of halogens is 2. The predicted octanol–water partition coefficient (Wildman–Crippen LogP) is 3.35. The van der Waals surface area contributed by atoms with Gasteiger partial charge in [0.15, 0.2) is 0 Å². The van der Waals surface area contributed by atoms with Gasteiger partial charge in [0.1, 0.15) is 0 Å². The van der Waals surface area contributed by atoms with Crippen LogP contribution in [0.2, 0.25) is 0 Å². The van der Waals surface area contributed by atoms with Crippen LogP contribution in [0.4, 0.5) is 5.69 Å². The highest BCUT2D eigenvalue weighted by Crippen LogP contribution is 2.18. The second-order valence-corrected chi connectivity index (χ2v) is 5.95. The van der Waals surface area contributed by atoms with Crippen molar-refractivity contribution in [2.75, 3.05) is 24.5 Å². The molecule has 0 saturated carbocycles. The molecular formula is C20H29Cl2N3O. The predicted molar refractivity (Wildman–Crippen MR) is 115 cm³/mol. The number of anilines is 1. The Bertz CT molecular complexity index is 653. The lowest BCUT2D eigenvalue weighted by molar-refractivity contribution is -0.122. The minimum Gasteiger partial charge on any atom is -0.370 e. The second-order valence-electron chi connectivity index (χ2n) is 5.95. The highest BCUT2D eigenvalue weighted by Gasteiger charge is 2.14. The van der Waals surface area contributed by atoms with Gasteiger partial charge in [-0.2, -0.15) is 0 Å². The molecule has 0 radical (unpaired) electrons. The van der Waals surface area contributed by atoms with Crippen molar-refractivity contribution < 1.29 is 4.79 Å². The summed E-state index contributed by atoms with van der Waals surface area (Å²) in [7, 11) is 0. The topological polar surface area (TPSA) is 58.4 Å². The maximum absolute atomic E-state index is 12.2. The van der Waals surface area contributed by atoms with Gasteiger partial charge in [0.25, 0.3) is 0 Å². The van der Waals surface area contributed by atoms with Crippen molar-refractivity contribution in [3.8, 4) is 0 Å². The fourth-order valence-electron chi connectivity index (χ4n) is 2.77. The number of benzene rings is 2. The van der Waals surface area contributed by atoms with Crippen LogP contribution in [0, 0.1) is 6.92 Å². The zero-order valence-electron chi connectivity index (χ0n) is 15.4. The van der Waals surface area contributed by atoms with E-state index in [-0.39, 0.29) is 30.7 Å². The summed E-state index contributed by atoms with van der Waals surface area (Å²) in [6.45, 7) is 6.48. The fraction of sp³-hybridized carbons (Fsp3) is 0.350. The van der Waals surface area contributed by atoms with Crippen LogP contribution in [0.25, 0.3) is 0 Å². The highest BCUT2D eigenvalue weighted by molar-refractivity contribution is 5.85. The standard InChI is InChI=1S/C20H27N3O.2ClH/c1-3-23(19-12-8-7-9-16(19)2)14-13-22-20(24)18(21)15-17-10-5-4-6-11-17;;/h4-12,18H,3,13-15,21H2,1-2H3,(H,22,24);2*1H. The van der Waals surface area contributed by atoms with E-state index in [4.69, 9.17) is 5.73 Å². The van der Waals surface area contributed by atoms with Crippen molar-refractivity contribution in [1.82, 2.24) is 5.32 Å². The van der Waals surface area contributed by atoms with Gasteiger partial charge in [-0.15, -0.1) is 24.8 Å². The molecule has 26 heavy (non-hydrogen) atoms. The molecule has 0 aliphatic heterocycles. The fourth-order valence-corrected chi connectivity index (χ4v) is 2.77. The molecule has 0 aliphatic rings. The molecule has 144 valence electrons. The normalized spacial score (nSPS) is 10.9. The minimum atomic E-state index is -0.513. The lowest BCUT2D eigenvalue weighted by Crippen LogP contribution is -2.44. The number of rotatable bonds is 8. The number of carbonyl (C=O) groups is 1. The van der Waals surface area contributed by atoms with Crippen molar-refractivity contribution in [2.24, 2.45) is 5.73 Å². The van der Waals surface area contributed by atoms with Gasteiger partial charge in [0.2, 0.25) is 5.91 Å². The summed E-state index contributed by atoms with van der Waals surface area (Å²) in [5, 5.41) is 2.95. The molecular weight excluding hydrogens is 369 g/mol. The van der Waals surface area contributed by atoms with Crippen LogP contribution in [0.15, 0.2) is 54.6 Å². The molecule has 4 nitrogen and oxygen atoms in total. The van der Waals surface area contributed by atoms with E-state index in [1.807, 2.05) is 42.5 Å². The van der Waals surface area contributed by atoms with E-state index in [1.165, 1.54) is 11.3 Å². The van der Waals surface area contributed by atoms with Crippen LogP contribution in [0.3, 0.4) is 0 Å². The number of carbonyl (C=O) groups excluding carboxylic acids is 1. The number of nitrogens with one attached hydrogen (secondary N) is 1. The van der Waals surface area contributed by atoms with Crippen molar-refractivity contribution in [1.29, 1.82) is 0 Å². The van der Waals surface area contributed by atoms with Gasteiger partial charge in [-0.25, -0.2) is 0 Å². The molecule has 3 N–H and O–H groups in total. The number of hydrogen-bond acceptors (Lipinski definition) is 3. The van der Waals surface area contributed by atoms with E-state index in [9.17, 15) is 4.79 Å². The van der Waals surface area contributed by atoms with E-state index >= 15 is 0 Å². The largest absolute Gasteiger partial charge is 0.370 e. The zero-order chi connectivity index (χ0) is 17.4. The van der Waals surface area contributed by atoms with Gasteiger partial charge in [-0.3, -0.25) is 4.79 Å². The Morgan fingerprint density at radius 1 is 1.08 bits per heavy atom. The quantitative estimate of drug-likeness (QED) is 0.717. The van der Waals surface area contributed by atoms with Crippen LogP contribution in [-0.4, -0.2) is 31.6 Å². The second kappa shape index (κ2) is 12.6. The molecule has 0 heterocycles. The smallest absolute Gasteiger partial charge is 0.237 e. The summed E-state index contributed by atoms with van der Waals surface area (Å²) in [6, 6.07) is 17.6. The molecule has 2 rings (SSSR count). The Hall–Kier alpha value is -1.75. The molecule has 1 unspecified atom stereocenters. The molecule has 0 bridgehead atoms. The monoisotopic (exact) mass is 397 g/mol. The molecule has 6 heteroatoms. The van der Waals surface area contributed by atoms with E-state index in [0.29, 0.717) is 13.0 Å². The molecule has 0 aromatic heterocycles. The van der Waals surface area contributed by atoms with Gasteiger partial charge in [0, 0.05) is 25.3 Å². The Labute approximate surface area is 169 Å². The lowest BCUT2D eigenvalue weighted by atomic mass is 10.1. The van der Waals surface area contributed by atoms with Crippen LogP contribution < -0.4 is 16.0 Å². The first-order valence-electron chi connectivity index (χ1n) is 8.49. The number of likely N-dealkylation sites (N-methyl/N-ethyl adjacent to an activating group) is 1. The van der Waals surface area contributed by atoms with E-state index in [1.54, 1.807) is 0 Å². The lowest BCUT2D eigenvalue weighted by Gasteiger charge is -2.25. The third-order valence-electron chi connectivity index (χ3n) is 4.15. The average Bonchev–Trinajstić information content (AvgIpc) is 2.60. The van der Waals surface area contributed by atoms with E-state index in [0.717, 1.165) is 18.7 Å². The first-order valence-corrected chi connectivity index (χ1v) is 8.49. The summed E-state index contributed by atoms with van der Waals surface area (Å²) in [5.41, 5.74) is 9.54. The van der Waals surface area contributed by atoms with E-state index in [2.05, 4.69) is 36.2 Å².